The molecule has 0 spiro atoms. The molecule has 1 aliphatic heterocycles. The summed E-state index contributed by atoms with van der Waals surface area (Å²) in [5.41, 5.74) is 2.17. The predicted octanol–water partition coefficient (Wildman–Crippen LogP) is 4.26. The minimum Gasteiger partial charge on any atom is -0.289 e. The van der Waals surface area contributed by atoms with Gasteiger partial charge in [0.05, 0.1) is 17.5 Å². The van der Waals surface area contributed by atoms with Crippen LogP contribution in [0.15, 0.2) is 67.3 Å². The first-order valence-corrected chi connectivity index (χ1v) is 7.35. The third-order valence-electron chi connectivity index (χ3n) is 4.27. The van der Waals surface area contributed by atoms with Crippen molar-refractivity contribution in [3.8, 4) is 6.07 Å². The van der Waals surface area contributed by atoms with Gasteiger partial charge < -0.3 is 0 Å². The van der Waals surface area contributed by atoms with E-state index < -0.39 is 0 Å². The molecular formula is C19H22N2. The SMILES string of the molecule is C=C/C=C(\C=C)C(c1ccccc1)N1CC(C#N)(CC)C1. The Kier molecular flexibility index (Phi) is 4.77. The molecule has 0 radical (unpaired) electrons. The van der Waals surface area contributed by atoms with Crippen molar-refractivity contribution < 1.29 is 0 Å². The van der Waals surface area contributed by atoms with Crippen molar-refractivity contribution in [3.05, 3.63) is 72.9 Å². The molecule has 1 heterocycles. The summed E-state index contributed by atoms with van der Waals surface area (Å²) in [6.07, 6.45) is 6.58. The van der Waals surface area contributed by atoms with Crippen molar-refractivity contribution in [1.29, 1.82) is 5.26 Å². The number of hydrogen-bond acceptors (Lipinski definition) is 2. The van der Waals surface area contributed by atoms with Gasteiger partial charge in [0.1, 0.15) is 0 Å². The first-order chi connectivity index (χ1) is 10.2. The lowest BCUT2D eigenvalue weighted by Crippen LogP contribution is -2.56. The van der Waals surface area contributed by atoms with Crippen LogP contribution in [-0.2, 0) is 0 Å². The second kappa shape index (κ2) is 6.56. The van der Waals surface area contributed by atoms with Crippen LogP contribution in [0.1, 0.15) is 24.9 Å². The molecule has 0 saturated carbocycles. The number of nitrogens with zero attached hydrogens (tertiary/aromatic N) is 2. The number of hydrogen-bond donors (Lipinski definition) is 0. The third kappa shape index (κ3) is 2.99. The Labute approximate surface area is 127 Å². The van der Waals surface area contributed by atoms with Crippen LogP contribution >= 0.6 is 0 Å². The lowest BCUT2D eigenvalue weighted by atomic mass is 9.76. The number of nitriles is 1. The van der Waals surface area contributed by atoms with E-state index in [1.807, 2.05) is 30.4 Å². The molecule has 1 fully saturated rings. The van der Waals surface area contributed by atoms with Gasteiger partial charge >= 0.3 is 0 Å². The quantitative estimate of drug-likeness (QED) is 0.727. The van der Waals surface area contributed by atoms with Crippen LogP contribution < -0.4 is 0 Å². The molecule has 0 amide bonds. The largest absolute Gasteiger partial charge is 0.289 e. The van der Waals surface area contributed by atoms with Gasteiger partial charge in [-0.25, -0.2) is 0 Å². The Balaban J connectivity index is 2.31. The average Bonchev–Trinajstić information content (AvgIpc) is 2.50. The van der Waals surface area contributed by atoms with E-state index in [0.29, 0.717) is 0 Å². The molecule has 108 valence electrons. The van der Waals surface area contributed by atoms with Gasteiger partial charge in [0.25, 0.3) is 0 Å². The van der Waals surface area contributed by atoms with Crippen molar-refractivity contribution in [3.63, 3.8) is 0 Å². The van der Waals surface area contributed by atoms with E-state index in [2.05, 4.69) is 43.2 Å². The Morgan fingerprint density at radius 1 is 1.38 bits per heavy atom. The van der Waals surface area contributed by atoms with Gasteiger partial charge in [-0.15, -0.1) is 0 Å². The second-order valence-electron chi connectivity index (χ2n) is 5.57. The van der Waals surface area contributed by atoms with Crippen molar-refractivity contribution in [2.75, 3.05) is 13.1 Å². The van der Waals surface area contributed by atoms with E-state index in [1.54, 1.807) is 6.08 Å². The molecule has 2 rings (SSSR count). The fourth-order valence-corrected chi connectivity index (χ4v) is 2.94. The lowest BCUT2D eigenvalue weighted by Gasteiger charge is -2.49. The van der Waals surface area contributed by atoms with Gasteiger partial charge in [0, 0.05) is 13.1 Å². The van der Waals surface area contributed by atoms with Crippen molar-refractivity contribution >= 4 is 0 Å². The van der Waals surface area contributed by atoms with E-state index >= 15 is 0 Å². The van der Waals surface area contributed by atoms with E-state index in [4.69, 9.17) is 0 Å². The van der Waals surface area contributed by atoms with Crippen LogP contribution in [-0.4, -0.2) is 18.0 Å². The summed E-state index contributed by atoms with van der Waals surface area (Å²) in [5.74, 6) is 0. The molecule has 0 bridgehead atoms. The summed E-state index contributed by atoms with van der Waals surface area (Å²) >= 11 is 0. The van der Waals surface area contributed by atoms with Crippen LogP contribution in [0.4, 0.5) is 0 Å². The Bertz CT molecular complexity index is 571. The van der Waals surface area contributed by atoms with Crippen LogP contribution in [0, 0.1) is 16.7 Å². The molecule has 1 aliphatic rings. The highest BCUT2D eigenvalue weighted by molar-refractivity contribution is 5.36. The fraction of sp³-hybridized carbons (Fsp3) is 0.316. The van der Waals surface area contributed by atoms with Crippen LogP contribution in [0.25, 0.3) is 0 Å². The maximum atomic E-state index is 9.38. The van der Waals surface area contributed by atoms with Crippen LogP contribution in [0.5, 0.6) is 0 Å². The zero-order valence-electron chi connectivity index (χ0n) is 12.6. The molecule has 1 aromatic rings. The molecule has 2 nitrogen and oxygen atoms in total. The summed E-state index contributed by atoms with van der Waals surface area (Å²) in [5, 5.41) is 9.38. The van der Waals surface area contributed by atoms with Gasteiger partial charge in [-0.3, -0.25) is 4.90 Å². The molecule has 1 aromatic carbocycles. The molecule has 21 heavy (non-hydrogen) atoms. The Morgan fingerprint density at radius 2 is 2.05 bits per heavy atom. The van der Waals surface area contributed by atoms with E-state index in [0.717, 1.165) is 25.1 Å². The molecule has 0 N–H and O–H groups in total. The van der Waals surface area contributed by atoms with Gasteiger partial charge in [-0.05, 0) is 17.6 Å². The zero-order chi connectivity index (χ0) is 15.3. The van der Waals surface area contributed by atoms with E-state index in [1.165, 1.54) is 5.56 Å². The van der Waals surface area contributed by atoms with Crippen molar-refractivity contribution in [1.82, 2.24) is 4.90 Å². The van der Waals surface area contributed by atoms with Gasteiger partial charge in [-0.1, -0.05) is 68.6 Å². The smallest absolute Gasteiger partial charge is 0.0825 e. The number of benzene rings is 1. The average molecular weight is 278 g/mol. The first kappa shape index (κ1) is 15.3. The number of allylic oxidation sites excluding steroid dienone is 2. The number of likely N-dealkylation sites (tertiary alicyclic amines) is 1. The van der Waals surface area contributed by atoms with E-state index in [-0.39, 0.29) is 11.5 Å². The maximum absolute atomic E-state index is 9.38. The molecule has 0 aromatic heterocycles. The van der Waals surface area contributed by atoms with Crippen LogP contribution in [0.2, 0.25) is 0 Å². The third-order valence-corrected chi connectivity index (χ3v) is 4.27. The molecule has 2 heteroatoms. The molecular weight excluding hydrogens is 256 g/mol. The van der Waals surface area contributed by atoms with Gasteiger partial charge in [-0.2, -0.15) is 5.26 Å². The van der Waals surface area contributed by atoms with Crippen LogP contribution in [0.3, 0.4) is 0 Å². The highest BCUT2D eigenvalue weighted by atomic mass is 15.2. The predicted molar refractivity (Wildman–Crippen MR) is 87.6 cm³/mol. The molecule has 1 atom stereocenters. The summed E-state index contributed by atoms with van der Waals surface area (Å²) in [4.78, 5) is 2.35. The topological polar surface area (TPSA) is 27.0 Å². The summed E-state index contributed by atoms with van der Waals surface area (Å²) in [6, 6.07) is 13.0. The second-order valence-corrected chi connectivity index (χ2v) is 5.57. The highest BCUT2D eigenvalue weighted by Gasteiger charge is 2.45. The standard InChI is InChI=1S/C19H22N2/c1-4-10-16(5-2)18(17-11-8-7-9-12-17)21-14-19(6-3,13-20)15-21/h4-5,7-12,18H,1-2,6,14-15H2,3H3/b16-10+. The lowest BCUT2D eigenvalue weighted by molar-refractivity contribution is 0.0166. The summed E-state index contributed by atoms with van der Waals surface area (Å²) < 4.78 is 0. The fourth-order valence-electron chi connectivity index (χ4n) is 2.94. The normalized spacial score (nSPS) is 19.1. The first-order valence-electron chi connectivity index (χ1n) is 7.35. The summed E-state index contributed by atoms with van der Waals surface area (Å²) in [6.45, 7) is 11.4. The van der Waals surface area contributed by atoms with Gasteiger partial charge in [0.15, 0.2) is 0 Å². The number of rotatable bonds is 6. The zero-order valence-corrected chi connectivity index (χ0v) is 12.6. The van der Waals surface area contributed by atoms with Crippen molar-refractivity contribution in [2.24, 2.45) is 5.41 Å². The minimum absolute atomic E-state index is 0.148. The molecule has 0 aliphatic carbocycles. The maximum Gasteiger partial charge on any atom is 0.0825 e. The Morgan fingerprint density at radius 3 is 2.52 bits per heavy atom. The monoisotopic (exact) mass is 278 g/mol. The van der Waals surface area contributed by atoms with E-state index in [9.17, 15) is 5.26 Å². The minimum atomic E-state index is -0.187. The van der Waals surface area contributed by atoms with Gasteiger partial charge in [0.2, 0.25) is 0 Å². The highest BCUT2D eigenvalue weighted by Crippen LogP contribution is 2.41. The van der Waals surface area contributed by atoms with Crippen molar-refractivity contribution in [2.45, 2.75) is 19.4 Å². The Hall–Kier alpha value is -2.11. The summed E-state index contributed by atoms with van der Waals surface area (Å²) in [7, 11) is 0. The molecule has 1 saturated heterocycles. The molecule has 1 unspecified atom stereocenters.